The minimum absolute atomic E-state index is 0.0327. The first-order valence-corrected chi connectivity index (χ1v) is 13.8. The first-order chi connectivity index (χ1) is 17.4. The van der Waals surface area contributed by atoms with Crippen molar-refractivity contribution in [3.8, 4) is 11.6 Å². The van der Waals surface area contributed by atoms with E-state index in [0.717, 1.165) is 6.42 Å². The molecule has 1 aliphatic heterocycles. The van der Waals surface area contributed by atoms with E-state index in [2.05, 4.69) is 44.4 Å². The maximum Gasteiger partial charge on any atom is 0.268 e. The molecule has 11 heteroatoms. The summed E-state index contributed by atoms with van der Waals surface area (Å²) in [6.45, 7) is 11.5. The van der Waals surface area contributed by atoms with Gasteiger partial charge in [-0.25, -0.2) is 22.8 Å². The Morgan fingerprint density at radius 2 is 2.05 bits per heavy atom. The number of nitrogens with one attached hydrogen (secondary N) is 1. The van der Waals surface area contributed by atoms with Crippen LogP contribution in [-0.4, -0.2) is 53.6 Å². The van der Waals surface area contributed by atoms with Gasteiger partial charge in [-0.1, -0.05) is 32.9 Å². The number of allylic oxidation sites excluding steroid dienone is 4. The van der Waals surface area contributed by atoms with Gasteiger partial charge < -0.3 is 9.64 Å². The highest BCUT2D eigenvalue weighted by atomic mass is 32.2. The van der Waals surface area contributed by atoms with E-state index >= 15 is 0 Å². The summed E-state index contributed by atoms with van der Waals surface area (Å²) in [6, 6.07) is 3.14. The number of carbonyl (C=O) groups is 2. The van der Waals surface area contributed by atoms with Crippen LogP contribution in [0.5, 0.6) is 5.75 Å². The standard InChI is InChI=1S/C26H33N5O5S/c1-17(2)16-36-19-13-27-31(15-19)23-11-10-20(24(28-23)30-14-18(3)12-26(30,4)5)25(33)29-37(34,35)22-9-7-6-8-21(22)32/h6-7,9-11,13,15,17-18H,8,12,14,16H2,1-5H3,(H,29,33)/t18-/m0/s1. The van der Waals surface area contributed by atoms with Gasteiger partial charge in [-0.2, -0.15) is 5.10 Å². The summed E-state index contributed by atoms with van der Waals surface area (Å²) in [5.74, 6) is 0.687. The fraction of sp³-hybridized carbons (Fsp3) is 0.462. The molecule has 10 nitrogen and oxygen atoms in total. The third kappa shape index (κ3) is 5.76. The molecule has 0 spiro atoms. The van der Waals surface area contributed by atoms with Gasteiger partial charge in [-0.3, -0.25) is 9.59 Å². The molecule has 0 radical (unpaired) electrons. The Morgan fingerprint density at radius 3 is 2.70 bits per heavy atom. The minimum atomic E-state index is -4.35. The number of rotatable bonds is 8. The van der Waals surface area contributed by atoms with Crippen LogP contribution in [0, 0.1) is 11.8 Å². The van der Waals surface area contributed by atoms with Gasteiger partial charge in [0.15, 0.2) is 17.4 Å². The van der Waals surface area contributed by atoms with Crippen LogP contribution in [0.1, 0.15) is 57.8 Å². The molecule has 4 rings (SSSR count). The second-order valence-corrected chi connectivity index (χ2v) is 12.3. The summed E-state index contributed by atoms with van der Waals surface area (Å²) in [5, 5.41) is 4.35. The number of amides is 1. The van der Waals surface area contributed by atoms with Gasteiger partial charge in [0.1, 0.15) is 10.7 Å². The topological polar surface area (TPSA) is 123 Å². The number of ether oxygens (including phenoxy) is 1. The summed E-state index contributed by atoms with van der Waals surface area (Å²) >= 11 is 0. The van der Waals surface area contributed by atoms with Crippen LogP contribution in [0.25, 0.3) is 5.82 Å². The predicted molar refractivity (Wildman–Crippen MR) is 140 cm³/mol. The first kappa shape index (κ1) is 26.6. The molecule has 0 bridgehead atoms. The molecule has 1 amide bonds. The summed E-state index contributed by atoms with van der Waals surface area (Å²) in [7, 11) is -4.35. The highest BCUT2D eigenvalue weighted by molar-refractivity contribution is 7.95. The van der Waals surface area contributed by atoms with Crippen molar-refractivity contribution in [2.45, 2.75) is 53.0 Å². The van der Waals surface area contributed by atoms with Crippen LogP contribution in [-0.2, 0) is 14.8 Å². The van der Waals surface area contributed by atoms with Gasteiger partial charge >= 0.3 is 0 Å². The van der Waals surface area contributed by atoms with E-state index in [1.54, 1.807) is 29.2 Å². The number of ketones is 1. The van der Waals surface area contributed by atoms with Crippen LogP contribution < -0.4 is 14.4 Å². The lowest BCUT2D eigenvalue weighted by molar-refractivity contribution is -0.114. The van der Waals surface area contributed by atoms with Crippen molar-refractivity contribution < 1.29 is 22.7 Å². The van der Waals surface area contributed by atoms with E-state index in [9.17, 15) is 18.0 Å². The number of nitrogens with zero attached hydrogens (tertiary/aromatic N) is 4. The van der Waals surface area contributed by atoms with Crippen molar-refractivity contribution in [1.29, 1.82) is 0 Å². The summed E-state index contributed by atoms with van der Waals surface area (Å²) in [6.07, 6.45) is 8.41. The van der Waals surface area contributed by atoms with E-state index in [4.69, 9.17) is 9.72 Å². The highest BCUT2D eigenvalue weighted by Gasteiger charge is 2.39. The molecule has 1 N–H and O–H groups in total. The SMILES string of the molecule is CC(C)COc1cnn(-c2ccc(C(=O)NS(=O)(=O)C3=CC=CCC3=O)c(N3C[C@@H](C)CC3(C)C)n2)c1. The molecule has 0 aromatic carbocycles. The van der Waals surface area contributed by atoms with Crippen molar-refractivity contribution in [2.24, 2.45) is 11.8 Å². The number of hydrogen-bond donors (Lipinski definition) is 1. The Bertz CT molecular complexity index is 1370. The summed E-state index contributed by atoms with van der Waals surface area (Å²) < 4.78 is 35.1. The molecule has 2 aliphatic rings. The largest absolute Gasteiger partial charge is 0.490 e. The molecular weight excluding hydrogens is 494 g/mol. The lowest BCUT2D eigenvalue weighted by atomic mass is 9.97. The van der Waals surface area contributed by atoms with Crippen LogP contribution >= 0.6 is 0 Å². The quantitative estimate of drug-likeness (QED) is 0.554. The van der Waals surface area contributed by atoms with Gasteiger partial charge in [-0.05, 0) is 50.3 Å². The number of hydrogen-bond acceptors (Lipinski definition) is 8. The Morgan fingerprint density at radius 1 is 1.30 bits per heavy atom. The maximum atomic E-state index is 13.3. The molecule has 1 fully saturated rings. The fourth-order valence-electron chi connectivity index (χ4n) is 4.67. The molecule has 1 saturated heterocycles. The zero-order valence-electron chi connectivity index (χ0n) is 21.8. The maximum absolute atomic E-state index is 13.3. The number of carbonyl (C=O) groups excluding carboxylic acids is 2. The third-order valence-electron chi connectivity index (χ3n) is 6.29. The lowest BCUT2D eigenvalue weighted by Crippen LogP contribution is -2.41. The van der Waals surface area contributed by atoms with Crippen molar-refractivity contribution in [3.63, 3.8) is 0 Å². The molecule has 37 heavy (non-hydrogen) atoms. The predicted octanol–water partition coefficient (Wildman–Crippen LogP) is 3.40. The van der Waals surface area contributed by atoms with Gasteiger partial charge in [-0.15, -0.1) is 0 Å². The molecule has 198 valence electrons. The average Bonchev–Trinajstić information content (AvgIpc) is 3.40. The van der Waals surface area contributed by atoms with E-state index in [1.165, 1.54) is 18.2 Å². The average molecular weight is 528 g/mol. The molecule has 2 aromatic rings. The number of pyridine rings is 1. The minimum Gasteiger partial charge on any atom is -0.490 e. The Hall–Kier alpha value is -3.47. The second-order valence-electron chi connectivity index (χ2n) is 10.6. The summed E-state index contributed by atoms with van der Waals surface area (Å²) in [4.78, 5) is 31.8. The highest BCUT2D eigenvalue weighted by Crippen LogP contribution is 2.37. The zero-order valence-corrected chi connectivity index (χ0v) is 22.6. The van der Waals surface area contributed by atoms with E-state index < -0.39 is 26.6 Å². The molecule has 0 unspecified atom stereocenters. The number of aromatic nitrogens is 3. The van der Waals surface area contributed by atoms with E-state index in [-0.39, 0.29) is 17.5 Å². The monoisotopic (exact) mass is 527 g/mol. The van der Waals surface area contributed by atoms with Gasteiger partial charge in [0.25, 0.3) is 15.9 Å². The number of anilines is 1. The van der Waals surface area contributed by atoms with Crippen molar-refractivity contribution in [2.75, 3.05) is 18.1 Å². The molecule has 1 atom stereocenters. The molecular formula is C26H33N5O5S. The Labute approximate surface area is 217 Å². The molecule has 0 saturated carbocycles. The zero-order chi connectivity index (χ0) is 27.0. The van der Waals surface area contributed by atoms with E-state index in [1.807, 2.05) is 4.90 Å². The Kier molecular flexibility index (Phi) is 7.27. The van der Waals surface area contributed by atoms with Crippen LogP contribution in [0.15, 0.2) is 47.7 Å². The molecule has 2 aromatic heterocycles. The van der Waals surface area contributed by atoms with E-state index in [0.29, 0.717) is 42.4 Å². The second kappa shape index (κ2) is 10.1. The number of Topliss-reactive ketones (excluding diaryl/α,β-unsaturated/α-hetero) is 1. The molecule has 1 aliphatic carbocycles. The molecule has 3 heterocycles. The Balaban J connectivity index is 1.71. The fourth-order valence-corrected chi connectivity index (χ4v) is 5.78. The van der Waals surface area contributed by atoms with Crippen LogP contribution in [0.3, 0.4) is 0 Å². The van der Waals surface area contributed by atoms with Crippen LogP contribution in [0.2, 0.25) is 0 Å². The smallest absolute Gasteiger partial charge is 0.268 e. The first-order valence-electron chi connectivity index (χ1n) is 12.3. The lowest BCUT2D eigenvalue weighted by Gasteiger charge is -2.34. The van der Waals surface area contributed by atoms with Crippen molar-refractivity contribution in [1.82, 2.24) is 19.5 Å². The normalized spacial score (nSPS) is 19.3. The van der Waals surface area contributed by atoms with Crippen LogP contribution in [0.4, 0.5) is 5.82 Å². The van der Waals surface area contributed by atoms with Crippen molar-refractivity contribution in [3.05, 3.63) is 53.2 Å². The van der Waals surface area contributed by atoms with Crippen molar-refractivity contribution >= 4 is 27.5 Å². The summed E-state index contributed by atoms with van der Waals surface area (Å²) in [5.41, 5.74) is -0.223. The van der Waals surface area contributed by atoms with Gasteiger partial charge in [0.2, 0.25) is 0 Å². The number of sulfonamides is 1. The van der Waals surface area contributed by atoms with Gasteiger partial charge in [0, 0.05) is 18.5 Å². The van der Waals surface area contributed by atoms with Gasteiger partial charge in [0.05, 0.1) is 24.6 Å². The third-order valence-corrected chi connectivity index (χ3v) is 7.69.